The smallest absolute Gasteiger partial charge is 0.151 e. The van der Waals surface area contributed by atoms with Crippen molar-refractivity contribution in [3.63, 3.8) is 0 Å². The zero-order valence-electron chi connectivity index (χ0n) is 11.1. The molecule has 2 heterocycles. The lowest BCUT2D eigenvalue weighted by Crippen LogP contribution is -2.65. The molecular formula is C14H25N3O. The normalized spacial score (nSPS) is 39.2. The van der Waals surface area contributed by atoms with Crippen LogP contribution >= 0.6 is 0 Å². The Morgan fingerprint density at radius 2 is 1.83 bits per heavy atom. The van der Waals surface area contributed by atoms with Crippen molar-refractivity contribution in [2.24, 2.45) is 5.92 Å². The van der Waals surface area contributed by atoms with Crippen molar-refractivity contribution in [2.45, 2.75) is 56.8 Å². The number of hydrogen-bond donors (Lipinski definition) is 2. The van der Waals surface area contributed by atoms with Crippen LogP contribution in [-0.2, 0) is 4.79 Å². The van der Waals surface area contributed by atoms with Crippen molar-refractivity contribution >= 4 is 6.29 Å². The first kappa shape index (κ1) is 12.6. The first-order chi connectivity index (χ1) is 8.90. The van der Waals surface area contributed by atoms with Gasteiger partial charge in [-0.05, 0) is 44.7 Å². The van der Waals surface area contributed by atoms with E-state index in [1.54, 1.807) is 0 Å². The molecule has 4 nitrogen and oxygen atoms in total. The minimum absolute atomic E-state index is 0.0348. The summed E-state index contributed by atoms with van der Waals surface area (Å²) in [5.74, 6) is 0.768. The number of nitrogens with one attached hydrogen (secondary N) is 2. The molecule has 2 aliphatic heterocycles. The Morgan fingerprint density at radius 1 is 1.06 bits per heavy atom. The predicted octanol–water partition coefficient (Wildman–Crippen LogP) is 0.727. The second-order valence-corrected chi connectivity index (χ2v) is 6.03. The molecule has 3 aliphatic rings. The largest absolute Gasteiger partial charge is 0.317 e. The standard InChI is InChI=1S/C14H25N3O/c18-10-14-16-9-11-3-1-2-4-13(11)17(14)12-5-7-15-8-6-12/h10-16H,1-9H2. The molecule has 18 heavy (non-hydrogen) atoms. The average molecular weight is 251 g/mol. The Bertz CT molecular complexity index is 291. The van der Waals surface area contributed by atoms with Gasteiger partial charge in [0.05, 0.1) is 0 Å². The molecule has 0 aromatic rings. The van der Waals surface area contributed by atoms with Crippen molar-refractivity contribution in [3.8, 4) is 0 Å². The third-order valence-corrected chi connectivity index (χ3v) is 5.02. The summed E-state index contributed by atoms with van der Waals surface area (Å²) in [6, 6.07) is 1.25. The lowest BCUT2D eigenvalue weighted by atomic mass is 9.80. The van der Waals surface area contributed by atoms with Crippen LogP contribution in [0.1, 0.15) is 38.5 Å². The van der Waals surface area contributed by atoms with Gasteiger partial charge in [-0.2, -0.15) is 0 Å². The van der Waals surface area contributed by atoms with E-state index in [1.165, 1.54) is 38.5 Å². The third kappa shape index (κ3) is 2.33. The summed E-state index contributed by atoms with van der Waals surface area (Å²) in [5, 5.41) is 6.88. The van der Waals surface area contributed by atoms with Crippen LogP contribution in [0.15, 0.2) is 0 Å². The summed E-state index contributed by atoms with van der Waals surface area (Å²) < 4.78 is 0. The highest BCUT2D eigenvalue weighted by Gasteiger charge is 2.41. The van der Waals surface area contributed by atoms with Crippen LogP contribution in [0.5, 0.6) is 0 Å². The maximum absolute atomic E-state index is 11.4. The molecule has 4 heteroatoms. The van der Waals surface area contributed by atoms with Gasteiger partial charge in [0, 0.05) is 18.6 Å². The van der Waals surface area contributed by atoms with E-state index >= 15 is 0 Å². The third-order valence-electron chi connectivity index (χ3n) is 5.02. The highest BCUT2D eigenvalue weighted by atomic mass is 16.1. The molecule has 3 fully saturated rings. The van der Waals surface area contributed by atoms with Gasteiger partial charge in [0.1, 0.15) is 6.17 Å². The Balaban J connectivity index is 1.77. The van der Waals surface area contributed by atoms with E-state index in [9.17, 15) is 4.79 Å². The van der Waals surface area contributed by atoms with Gasteiger partial charge in [0.15, 0.2) is 6.29 Å². The van der Waals surface area contributed by atoms with Crippen molar-refractivity contribution in [1.29, 1.82) is 0 Å². The number of piperidine rings is 1. The van der Waals surface area contributed by atoms with Gasteiger partial charge in [-0.3, -0.25) is 10.2 Å². The van der Waals surface area contributed by atoms with E-state index in [0.29, 0.717) is 12.1 Å². The maximum atomic E-state index is 11.4. The molecule has 0 aromatic carbocycles. The number of aldehydes is 1. The van der Waals surface area contributed by atoms with Crippen molar-refractivity contribution < 1.29 is 4.79 Å². The summed E-state index contributed by atoms with van der Waals surface area (Å²) >= 11 is 0. The molecule has 3 unspecified atom stereocenters. The highest BCUT2D eigenvalue weighted by molar-refractivity contribution is 5.57. The molecule has 3 rings (SSSR count). The molecule has 2 N–H and O–H groups in total. The number of hydrogen-bond acceptors (Lipinski definition) is 4. The Kier molecular flexibility index (Phi) is 3.97. The monoisotopic (exact) mass is 251 g/mol. The van der Waals surface area contributed by atoms with E-state index in [4.69, 9.17) is 0 Å². The van der Waals surface area contributed by atoms with Crippen LogP contribution < -0.4 is 10.6 Å². The van der Waals surface area contributed by atoms with Gasteiger partial charge in [0.25, 0.3) is 0 Å². The topological polar surface area (TPSA) is 44.4 Å². The molecule has 0 amide bonds. The number of fused-ring (bicyclic) bond motifs is 1. The molecule has 1 aliphatic carbocycles. The van der Waals surface area contributed by atoms with Gasteiger partial charge >= 0.3 is 0 Å². The van der Waals surface area contributed by atoms with Gasteiger partial charge < -0.3 is 10.1 Å². The second kappa shape index (κ2) is 5.68. The van der Waals surface area contributed by atoms with Gasteiger partial charge in [-0.1, -0.05) is 12.8 Å². The summed E-state index contributed by atoms with van der Waals surface area (Å²) in [4.78, 5) is 13.9. The van der Waals surface area contributed by atoms with Crippen LogP contribution in [0, 0.1) is 5.92 Å². The Morgan fingerprint density at radius 3 is 2.61 bits per heavy atom. The SMILES string of the molecule is O=CC1NCC2CCCCC2N1C1CCNCC1. The molecule has 0 bridgehead atoms. The first-order valence-corrected chi connectivity index (χ1v) is 7.57. The Hall–Kier alpha value is -0.450. The number of carbonyl (C=O) groups excluding carboxylic acids is 1. The lowest BCUT2D eigenvalue weighted by Gasteiger charge is -2.51. The van der Waals surface area contributed by atoms with Crippen molar-refractivity contribution in [3.05, 3.63) is 0 Å². The van der Waals surface area contributed by atoms with Crippen LogP contribution in [0.25, 0.3) is 0 Å². The van der Waals surface area contributed by atoms with Crippen LogP contribution in [0.4, 0.5) is 0 Å². The number of carbonyl (C=O) groups is 1. The molecule has 2 saturated heterocycles. The fourth-order valence-electron chi connectivity index (χ4n) is 4.12. The molecule has 0 spiro atoms. The first-order valence-electron chi connectivity index (χ1n) is 7.57. The minimum atomic E-state index is -0.0348. The van der Waals surface area contributed by atoms with Gasteiger partial charge in [-0.25, -0.2) is 0 Å². The van der Waals surface area contributed by atoms with Gasteiger partial charge in [-0.15, -0.1) is 0 Å². The molecule has 0 aromatic heterocycles. The van der Waals surface area contributed by atoms with E-state index < -0.39 is 0 Å². The molecule has 102 valence electrons. The Labute approximate surface area is 109 Å². The summed E-state index contributed by atoms with van der Waals surface area (Å²) in [6.07, 6.45) is 8.80. The molecule has 1 saturated carbocycles. The zero-order chi connectivity index (χ0) is 12.4. The van der Waals surface area contributed by atoms with E-state index in [1.807, 2.05) is 0 Å². The number of rotatable bonds is 2. The maximum Gasteiger partial charge on any atom is 0.151 e. The fraction of sp³-hybridized carbons (Fsp3) is 0.929. The van der Waals surface area contributed by atoms with Crippen LogP contribution in [0.2, 0.25) is 0 Å². The average Bonchev–Trinajstić information content (AvgIpc) is 2.47. The highest BCUT2D eigenvalue weighted by Crippen LogP contribution is 2.34. The number of nitrogens with zero attached hydrogens (tertiary/aromatic N) is 1. The van der Waals surface area contributed by atoms with E-state index in [2.05, 4.69) is 15.5 Å². The molecule has 3 atom stereocenters. The van der Waals surface area contributed by atoms with E-state index in [-0.39, 0.29) is 6.17 Å². The van der Waals surface area contributed by atoms with Crippen LogP contribution in [-0.4, -0.2) is 49.1 Å². The predicted molar refractivity (Wildman–Crippen MR) is 71.3 cm³/mol. The molecular weight excluding hydrogens is 226 g/mol. The van der Waals surface area contributed by atoms with Crippen LogP contribution in [0.3, 0.4) is 0 Å². The molecule has 0 radical (unpaired) electrons. The minimum Gasteiger partial charge on any atom is -0.317 e. The van der Waals surface area contributed by atoms with E-state index in [0.717, 1.165) is 31.8 Å². The summed E-state index contributed by atoms with van der Waals surface area (Å²) in [6.45, 7) is 3.24. The second-order valence-electron chi connectivity index (χ2n) is 6.03. The van der Waals surface area contributed by atoms with Crippen molar-refractivity contribution in [2.75, 3.05) is 19.6 Å². The van der Waals surface area contributed by atoms with Crippen molar-refractivity contribution in [1.82, 2.24) is 15.5 Å². The fourth-order valence-corrected chi connectivity index (χ4v) is 4.12. The zero-order valence-corrected chi connectivity index (χ0v) is 11.1. The summed E-state index contributed by atoms with van der Waals surface area (Å²) in [5.41, 5.74) is 0. The summed E-state index contributed by atoms with van der Waals surface area (Å²) in [7, 11) is 0. The lowest BCUT2D eigenvalue weighted by molar-refractivity contribution is -0.121. The van der Waals surface area contributed by atoms with Gasteiger partial charge in [0.2, 0.25) is 0 Å². The quantitative estimate of drug-likeness (QED) is 0.710.